The van der Waals surface area contributed by atoms with Gasteiger partial charge in [0.1, 0.15) is 0 Å². The van der Waals surface area contributed by atoms with E-state index in [1.807, 2.05) is 13.8 Å². The first kappa shape index (κ1) is 14.5. The Kier molecular flexibility index (Phi) is 4.97. The first-order valence-corrected chi connectivity index (χ1v) is 7.65. The van der Waals surface area contributed by atoms with Crippen LogP contribution in [0.3, 0.4) is 0 Å². The van der Waals surface area contributed by atoms with Crippen molar-refractivity contribution in [2.75, 3.05) is 12.3 Å². The lowest BCUT2D eigenvalue weighted by molar-refractivity contribution is 0.551. The van der Waals surface area contributed by atoms with E-state index < -0.39 is 10.0 Å². The second-order valence-corrected chi connectivity index (χ2v) is 6.86. The third-order valence-electron chi connectivity index (χ3n) is 2.26. The van der Waals surface area contributed by atoms with Gasteiger partial charge in [0.15, 0.2) is 0 Å². The van der Waals surface area contributed by atoms with Crippen molar-refractivity contribution in [2.24, 2.45) is 5.92 Å². The van der Waals surface area contributed by atoms with Crippen LogP contribution in [-0.2, 0) is 10.0 Å². The smallest absolute Gasteiger partial charge is 0.241 e. The second kappa shape index (κ2) is 5.84. The average molecular weight is 321 g/mol. The van der Waals surface area contributed by atoms with E-state index in [9.17, 15) is 8.42 Å². The molecule has 0 heterocycles. The summed E-state index contributed by atoms with van der Waals surface area (Å²) in [6, 6.07) is 4.73. The van der Waals surface area contributed by atoms with E-state index in [4.69, 9.17) is 5.73 Å². The Morgan fingerprint density at radius 2 is 2.06 bits per heavy atom. The minimum absolute atomic E-state index is 0.182. The lowest BCUT2D eigenvalue weighted by atomic mass is 10.1. The SMILES string of the molecule is CC(C)CCNS(=O)(=O)c1cc(N)ccc1Br. The number of anilines is 1. The maximum absolute atomic E-state index is 12.0. The first-order valence-electron chi connectivity index (χ1n) is 5.37. The van der Waals surface area contributed by atoms with Gasteiger partial charge in [0.2, 0.25) is 10.0 Å². The molecule has 1 aromatic carbocycles. The van der Waals surface area contributed by atoms with Gasteiger partial charge in [0.25, 0.3) is 0 Å². The van der Waals surface area contributed by atoms with Crippen molar-refractivity contribution in [3.63, 3.8) is 0 Å². The molecule has 0 saturated carbocycles. The molecule has 0 bridgehead atoms. The molecule has 4 nitrogen and oxygen atoms in total. The molecule has 3 N–H and O–H groups in total. The van der Waals surface area contributed by atoms with Crippen LogP contribution in [0, 0.1) is 5.92 Å². The third-order valence-corrected chi connectivity index (χ3v) is 4.71. The molecule has 0 spiro atoms. The summed E-state index contributed by atoms with van der Waals surface area (Å²) in [6.45, 7) is 4.52. The van der Waals surface area contributed by atoms with E-state index in [2.05, 4.69) is 20.7 Å². The number of halogens is 1. The molecule has 96 valence electrons. The van der Waals surface area contributed by atoms with E-state index >= 15 is 0 Å². The Morgan fingerprint density at radius 3 is 2.65 bits per heavy atom. The number of nitrogens with two attached hydrogens (primary N) is 1. The summed E-state index contributed by atoms with van der Waals surface area (Å²) in [5, 5.41) is 0. The van der Waals surface area contributed by atoms with E-state index in [1.54, 1.807) is 12.1 Å². The van der Waals surface area contributed by atoms with E-state index in [-0.39, 0.29) is 4.90 Å². The highest BCUT2D eigenvalue weighted by molar-refractivity contribution is 9.10. The number of nitrogen functional groups attached to an aromatic ring is 1. The molecule has 0 fully saturated rings. The number of nitrogens with one attached hydrogen (secondary N) is 1. The fraction of sp³-hybridized carbons (Fsp3) is 0.455. The van der Waals surface area contributed by atoms with Gasteiger partial charge in [-0.05, 0) is 46.5 Å². The Hall–Kier alpha value is -0.590. The predicted octanol–water partition coefficient (Wildman–Crippen LogP) is 2.36. The molecular weight excluding hydrogens is 304 g/mol. The van der Waals surface area contributed by atoms with Crippen LogP contribution in [-0.4, -0.2) is 15.0 Å². The highest BCUT2D eigenvalue weighted by atomic mass is 79.9. The van der Waals surface area contributed by atoms with Gasteiger partial charge in [0, 0.05) is 16.7 Å². The number of sulfonamides is 1. The van der Waals surface area contributed by atoms with Crippen molar-refractivity contribution < 1.29 is 8.42 Å². The molecule has 0 radical (unpaired) electrons. The topological polar surface area (TPSA) is 72.2 Å². The van der Waals surface area contributed by atoms with Crippen LogP contribution >= 0.6 is 15.9 Å². The van der Waals surface area contributed by atoms with Crippen LogP contribution in [0.1, 0.15) is 20.3 Å². The second-order valence-electron chi connectivity index (χ2n) is 4.27. The molecule has 0 amide bonds. The number of hydrogen-bond acceptors (Lipinski definition) is 3. The summed E-state index contributed by atoms with van der Waals surface area (Å²) in [6.07, 6.45) is 0.805. The Labute approximate surface area is 111 Å². The maximum Gasteiger partial charge on any atom is 0.241 e. The van der Waals surface area contributed by atoms with Crippen molar-refractivity contribution in [1.29, 1.82) is 0 Å². The summed E-state index contributed by atoms with van der Waals surface area (Å²) < 4.78 is 27.1. The standard InChI is InChI=1S/C11H17BrN2O2S/c1-8(2)5-6-14-17(15,16)11-7-9(13)3-4-10(11)12/h3-4,7-8,14H,5-6,13H2,1-2H3. The molecule has 0 saturated heterocycles. The third kappa shape index (κ3) is 4.29. The summed E-state index contributed by atoms with van der Waals surface area (Å²) in [4.78, 5) is 0.182. The maximum atomic E-state index is 12.0. The minimum atomic E-state index is -3.49. The summed E-state index contributed by atoms with van der Waals surface area (Å²) >= 11 is 3.21. The van der Waals surface area contributed by atoms with Gasteiger partial charge >= 0.3 is 0 Å². The van der Waals surface area contributed by atoms with Crippen molar-refractivity contribution in [1.82, 2.24) is 4.72 Å². The van der Waals surface area contributed by atoms with Crippen LogP contribution in [0.25, 0.3) is 0 Å². The summed E-state index contributed by atoms with van der Waals surface area (Å²) in [7, 11) is -3.49. The monoisotopic (exact) mass is 320 g/mol. The van der Waals surface area contributed by atoms with Crippen LogP contribution < -0.4 is 10.5 Å². The van der Waals surface area contributed by atoms with Gasteiger partial charge in [-0.2, -0.15) is 0 Å². The van der Waals surface area contributed by atoms with E-state index in [0.29, 0.717) is 22.6 Å². The number of hydrogen-bond donors (Lipinski definition) is 2. The zero-order valence-electron chi connectivity index (χ0n) is 9.90. The van der Waals surface area contributed by atoms with Crippen molar-refractivity contribution in [3.8, 4) is 0 Å². The van der Waals surface area contributed by atoms with Crippen LogP contribution in [0.2, 0.25) is 0 Å². The van der Waals surface area contributed by atoms with Crippen LogP contribution in [0.4, 0.5) is 5.69 Å². The van der Waals surface area contributed by atoms with Gasteiger partial charge in [-0.25, -0.2) is 13.1 Å². The lowest BCUT2D eigenvalue weighted by Crippen LogP contribution is -2.26. The molecule has 0 aliphatic carbocycles. The zero-order chi connectivity index (χ0) is 13.1. The number of rotatable bonds is 5. The fourth-order valence-corrected chi connectivity index (χ4v) is 3.33. The van der Waals surface area contributed by atoms with Gasteiger partial charge in [-0.1, -0.05) is 13.8 Å². The first-order chi connectivity index (χ1) is 7.83. The Morgan fingerprint density at radius 1 is 1.41 bits per heavy atom. The molecule has 6 heteroatoms. The highest BCUT2D eigenvalue weighted by Crippen LogP contribution is 2.23. The molecule has 1 rings (SSSR count). The molecule has 1 aromatic rings. The number of benzene rings is 1. The highest BCUT2D eigenvalue weighted by Gasteiger charge is 2.17. The normalized spacial score (nSPS) is 12.0. The molecule has 0 unspecified atom stereocenters. The lowest BCUT2D eigenvalue weighted by Gasteiger charge is -2.10. The van der Waals surface area contributed by atoms with Gasteiger partial charge in [0.05, 0.1) is 4.90 Å². The Balaban J connectivity index is 2.86. The van der Waals surface area contributed by atoms with E-state index in [1.165, 1.54) is 6.07 Å². The van der Waals surface area contributed by atoms with Gasteiger partial charge in [-0.15, -0.1) is 0 Å². The van der Waals surface area contributed by atoms with E-state index in [0.717, 1.165) is 6.42 Å². The molecule has 0 aromatic heterocycles. The quantitative estimate of drug-likeness (QED) is 0.818. The molecule has 0 aliphatic rings. The van der Waals surface area contributed by atoms with Gasteiger partial charge in [-0.3, -0.25) is 0 Å². The zero-order valence-corrected chi connectivity index (χ0v) is 12.3. The minimum Gasteiger partial charge on any atom is -0.399 e. The van der Waals surface area contributed by atoms with Crippen molar-refractivity contribution >= 4 is 31.6 Å². The van der Waals surface area contributed by atoms with Crippen LogP contribution in [0.15, 0.2) is 27.6 Å². The molecule has 0 aliphatic heterocycles. The van der Waals surface area contributed by atoms with Gasteiger partial charge < -0.3 is 5.73 Å². The molecule has 17 heavy (non-hydrogen) atoms. The van der Waals surface area contributed by atoms with Crippen molar-refractivity contribution in [3.05, 3.63) is 22.7 Å². The van der Waals surface area contributed by atoms with Crippen LogP contribution in [0.5, 0.6) is 0 Å². The predicted molar refractivity (Wildman–Crippen MR) is 73.2 cm³/mol. The summed E-state index contributed by atoms with van der Waals surface area (Å²) in [5.74, 6) is 0.460. The molecular formula is C11H17BrN2O2S. The Bertz CT molecular complexity index is 486. The largest absolute Gasteiger partial charge is 0.399 e. The molecule has 0 atom stereocenters. The summed E-state index contributed by atoms with van der Waals surface area (Å²) in [5.41, 5.74) is 6.02. The fourth-order valence-electron chi connectivity index (χ4n) is 1.29. The van der Waals surface area contributed by atoms with Crippen molar-refractivity contribution in [2.45, 2.75) is 25.2 Å². The average Bonchev–Trinajstić information content (AvgIpc) is 2.20.